The molecule has 4 nitrogen and oxygen atoms in total. The molecule has 0 aliphatic heterocycles. The normalized spacial score (nSPS) is 13.0. The van der Waals surface area contributed by atoms with Gasteiger partial charge in [0.05, 0.1) is 11.0 Å². The maximum atomic E-state index is 12.1. The zero-order valence-electron chi connectivity index (χ0n) is 11.9. The molecule has 2 aromatic carbocycles. The van der Waals surface area contributed by atoms with Crippen LogP contribution in [0.1, 0.15) is 24.2 Å². The molecule has 0 amide bonds. The molecule has 21 heavy (non-hydrogen) atoms. The molecule has 5 heteroatoms. The van der Waals surface area contributed by atoms with Crippen LogP contribution in [0.25, 0.3) is 0 Å². The number of aliphatic hydroxyl groups is 1. The number of aliphatic hydroxyl groups excluding tert-OH is 1. The fourth-order valence-corrected chi connectivity index (χ4v) is 3.01. The molecule has 2 rings (SSSR count). The number of benzene rings is 2. The summed E-state index contributed by atoms with van der Waals surface area (Å²) >= 11 is 0. The van der Waals surface area contributed by atoms with Crippen molar-refractivity contribution >= 4 is 10.0 Å². The van der Waals surface area contributed by atoms with E-state index in [1.807, 2.05) is 13.0 Å². The van der Waals surface area contributed by atoms with Gasteiger partial charge in [0.25, 0.3) is 0 Å². The van der Waals surface area contributed by atoms with E-state index >= 15 is 0 Å². The topological polar surface area (TPSA) is 66.4 Å². The Morgan fingerprint density at radius 1 is 1.05 bits per heavy atom. The van der Waals surface area contributed by atoms with Crippen LogP contribution in [0.2, 0.25) is 0 Å². The van der Waals surface area contributed by atoms with E-state index in [9.17, 15) is 13.5 Å². The van der Waals surface area contributed by atoms with Gasteiger partial charge in [-0.25, -0.2) is 13.1 Å². The number of nitrogens with one attached hydrogen (secondary N) is 1. The summed E-state index contributed by atoms with van der Waals surface area (Å²) in [6.45, 7) is 1.96. The van der Waals surface area contributed by atoms with Gasteiger partial charge in [0.1, 0.15) is 0 Å². The fraction of sp³-hybridized carbons (Fsp3) is 0.250. The van der Waals surface area contributed by atoms with Gasteiger partial charge in [0.2, 0.25) is 10.0 Å². The quantitative estimate of drug-likeness (QED) is 0.860. The second-order valence-electron chi connectivity index (χ2n) is 4.78. The lowest BCUT2D eigenvalue weighted by molar-refractivity contribution is 0.182. The first kappa shape index (κ1) is 15.7. The van der Waals surface area contributed by atoms with Crippen LogP contribution < -0.4 is 4.72 Å². The summed E-state index contributed by atoms with van der Waals surface area (Å²) in [6, 6.07) is 15.7. The Hall–Kier alpha value is -1.69. The molecule has 0 unspecified atom stereocenters. The molecule has 0 heterocycles. The average molecular weight is 305 g/mol. The average Bonchev–Trinajstić information content (AvgIpc) is 2.53. The molecule has 112 valence electrons. The molecule has 2 aromatic rings. The van der Waals surface area contributed by atoms with Crippen molar-refractivity contribution in [1.82, 2.24) is 4.72 Å². The summed E-state index contributed by atoms with van der Waals surface area (Å²) in [7, 11) is -3.60. The lowest BCUT2D eigenvalue weighted by Crippen LogP contribution is -2.28. The zero-order valence-corrected chi connectivity index (χ0v) is 12.7. The van der Waals surface area contributed by atoms with Crippen LogP contribution in [0.5, 0.6) is 0 Å². The monoisotopic (exact) mass is 305 g/mol. The predicted molar refractivity (Wildman–Crippen MR) is 82.4 cm³/mol. The number of hydrogen-bond donors (Lipinski definition) is 2. The Balaban J connectivity index is 2.04. The van der Waals surface area contributed by atoms with Gasteiger partial charge in [-0.1, -0.05) is 49.4 Å². The third-order valence-corrected chi connectivity index (χ3v) is 4.73. The van der Waals surface area contributed by atoms with Crippen molar-refractivity contribution < 1.29 is 13.5 Å². The second-order valence-corrected chi connectivity index (χ2v) is 6.54. The molecular formula is C16H19NO3S. The maximum absolute atomic E-state index is 12.1. The van der Waals surface area contributed by atoms with Gasteiger partial charge in [-0.2, -0.15) is 0 Å². The summed E-state index contributed by atoms with van der Waals surface area (Å²) in [5.74, 6) is 0. The van der Waals surface area contributed by atoms with Crippen LogP contribution in [0.15, 0.2) is 59.5 Å². The molecule has 0 aliphatic rings. The van der Waals surface area contributed by atoms with E-state index in [0.29, 0.717) is 5.56 Å². The zero-order chi connectivity index (χ0) is 15.3. The Bertz CT molecular complexity index is 666. The molecule has 0 bridgehead atoms. The molecule has 0 aliphatic carbocycles. The van der Waals surface area contributed by atoms with Gasteiger partial charge in [-0.05, 0) is 29.7 Å². The number of rotatable bonds is 6. The highest BCUT2D eigenvalue weighted by Crippen LogP contribution is 2.14. The third kappa shape index (κ3) is 4.14. The summed E-state index contributed by atoms with van der Waals surface area (Å²) in [5.41, 5.74) is 1.76. The molecule has 0 saturated carbocycles. The van der Waals surface area contributed by atoms with Gasteiger partial charge < -0.3 is 5.11 Å². The highest BCUT2D eigenvalue weighted by molar-refractivity contribution is 7.89. The number of hydrogen-bond acceptors (Lipinski definition) is 3. The minimum Gasteiger partial charge on any atom is -0.387 e. The highest BCUT2D eigenvalue weighted by Gasteiger charge is 2.16. The molecule has 0 aromatic heterocycles. The predicted octanol–water partition coefficient (Wildman–Crippen LogP) is 2.26. The summed E-state index contributed by atoms with van der Waals surface area (Å²) in [5, 5.41) is 9.99. The molecule has 0 fully saturated rings. The highest BCUT2D eigenvalue weighted by atomic mass is 32.2. The van der Waals surface area contributed by atoms with Crippen molar-refractivity contribution in [3.63, 3.8) is 0 Å². The van der Waals surface area contributed by atoms with Crippen molar-refractivity contribution in [2.45, 2.75) is 24.3 Å². The standard InChI is InChI=1S/C16H19NO3S/c1-2-13-8-10-15(11-9-13)21(19,20)17-12-16(18)14-6-4-3-5-7-14/h3-11,16-18H,2,12H2,1H3/t16-/m1/s1. The minimum absolute atomic E-state index is 0.0537. The first-order valence-electron chi connectivity index (χ1n) is 6.84. The SMILES string of the molecule is CCc1ccc(S(=O)(=O)NC[C@@H](O)c2ccccc2)cc1. The van der Waals surface area contributed by atoms with E-state index in [-0.39, 0.29) is 11.4 Å². The van der Waals surface area contributed by atoms with E-state index in [4.69, 9.17) is 0 Å². The van der Waals surface area contributed by atoms with Crippen LogP contribution in [0.4, 0.5) is 0 Å². The lowest BCUT2D eigenvalue weighted by atomic mass is 10.1. The smallest absolute Gasteiger partial charge is 0.240 e. The van der Waals surface area contributed by atoms with E-state index in [0.717, 1.165) is 12.0 Å². The number of sulfonamides is 1. The van der Waals surface area contributed by atoms with Crippen LogP contribution in [-0.4, -0.2) is 20.1 Å². The van der Waals surface area contributed by atoms with Crippen LogP contribution >= 0.6 is 0 Å². The Morgan fingerprint density at radius 2 is 1.67 bits per heavy atom. The van der Waals surface area contributed by atoms with Crippen molar-refractivity contribution in [3.05, 3.63) is 65.7 Å². The first-order chi connectivity index (χ1) is 10.0. The van der Waals surface area contributed by atoms with Crippen LogP contribution in [0, 0.1) is 0 Å². The Morgan fingerprint density at radius 3 is 2.24 bits per heavy atom. The summed E-state index contributed by atoms with van der Waals surface area (Å²) in [4.78, 5) is 0.208. The van der Waals surface area contributed by atoms with Crippen molar-refractivity contribution in [3.8, 4) is 0 Å². The summed E-state index contributed by atoms with van der Waals surface area (Å²) < 4.78 is 26.7. The van der Waals surface area contributed by atoms with Gasteiger partial charge >= 0.3 is 0 Å². The van der Waals surface area contributed by atoms with E-state index in [1.54, 1.807) is 48.5 Å². The van der Waals surface area contributed by atoms with Crippen LogP contribution in [0.3, 0.4) is 0 Å². The van der Waals surface area contributed by atoms with Gasteiger partial charge in [-0.3, -0.25) is 0 Å². The van der Waals surface area contributed by atoms with E-state index < -0.39 is 16.1 Å². The van der Waals surface area contributed by atoms with Gasteiger partial charge in [-0.15, -0.1) is 0 Å². The molecule has 0 saturated heterocycles. The van der Waals surface area contributed by atoms with E-state index in [2.05, 4.69) is 4.72 Å². The molecule has 0 radical (unpaired) electrons. The Labute approximate surface area is 125 Å². The molecule has 1 atom stereocenters. The van der Waals surface area contributed by atoms with Crippen LogP contribution in [-0.2, 0) is 16.4 Å². The molecule has 2 N–H and O–H groups in total. The largest absolute Gasteiger partial charge is 0.387 e. The summed E-state index contributed by atoms with van der Waals surface area (Å²) in [6.07, 6.45) is -0.00333. The maximum Gasteiger partial charge on any atom is 0.240 e. The number of aryl methyl sites for hydroxylation is 1. The van der Waals surface area contributed by atoms with Crippen molar-refractivity contribution in [1.29, 1.82) is 0 Å². The molecular weight excluding hydrogens is 286 g/mol. The van der Waals surface area contributed by atoms with Gasteiger partial charge in [0, 0.05) is 6.54 Å². The fourth-order valence-electron chi connectivity index (χ4n) is 1.97. The third-order valence-electron chi connectivity index (χ3n) is 3.29. The lowest BCUT2D eigenvalue weighted by Gasteiger charge is -2.12. The Kier molecular flexibility index (Phi) is 5.12. The first-order valence-corrected chi connectivity index (χ1v) is 8.33. The van der Waals surface area contributed by atoms with E-state index in [1.165, 1.54) is 0 Å². The second kappa shape index (κ2) is 6.85. The van der Waals surface area contributed by atoms with Crippen molar-refractivity contribution in [2.24, 2.45) is 0 Å². The van der Waals surface area contributed by atoms with Gasteiger partial charge in [0.15, 0.2) is 0 Å². The molecule has 0 spiro atoms. The minimum atomic E-state index is -3.60. The van der Waals surface area contributed by atoms with Crippen molar-refractivity contribution in [2.75, 3.05) is 6.54 Å².